The molecule has 5 heteroatoms. The van der Waals surface area contributed by atoms with Gasteiger partial charge in [0, 0.05) is 30.9 Å². The van der Waals surface area contributed by atoms with Crippen LogP contribution in [0.5, 0.6) is 0 Å². The van der Waals surface area contributed by atoms with Gasteiger partial charge in [0.25, 0.3) is 5.70 Å². The van der Waals surface area contributed by atoms with Crippen molar-refractivity contribution in [2.45, 2.75) is 6.42 Å². The molecule has 20 heavy (non-hydrogen) atoms. The first kappa shape index (κ1) is 12.7. The number of fused-ring (bicyclic) bond motifs is 2. The third kappa shape index (κ3) is 2.06. The molecule has 0 aromatic heterocycles. The Labute approximate surface area is 115 Å². The minimum absolute atomic E-state index is 0.00726. The smallest absolute Gasteiger partial charge is 0.276 e. The molecular weight excluding hydrogens is 256 g/mol. The van der Waals surface area contributed by atoms with Crippen molar-refractivity contribution in [1.82, 2.24) is 0 Å². The number of nitrogens with zero attached hydrogens (tertiary/aromatic N) is 2. The van der Waals surface area contributed by atoms with E-state index in [1.165, 1.54) is 0 Å². The lowest BCUT2D eigenvalue weighted by atomic mass is 9.92. The van der Waals surface area contributed by atoms with Crippen LogP contribution in [0.2, 0.25) is 0 Å². The van der Waals surface area contributed by atoms with Gasteiger partial charge in [-0.25, -0.2) is 4.99 Å². The zero-order chi connectivity index (χ0) is 14.1. The van der Waals surface area contributed by atoms with Gasteiger partial charge in [-0.1, -0.05) is 24.3 Å². The molecule has 0 amide bonds. The molecule has 2 aliphatic rings. The number of rotatable bonds is 4. The Kier molecular flexibility index (Phi) is 3.20. The second-order valence-electron chi connectivity index (χ2n) is 4.81. The maximum Gasteiger partial charge on any atom is 0.276 e. The van der Waals surface area contributed by atoms with Crippen LogP contribution in [0.25, 0.3) is 5.57 Å². The summed E-state index contributed by atoms with van der Waals surface area (Å²) >= 11 is 0. The quantitative estimate of drug-likeness (QED) is 0.609. The number of methoxy groups -OCH3 is 1. The number of ether oxygens (including phenoxy) is 1. The average molecular weight is 270 g/mol. The van der Waals surface area contributed by atoms with E-state index in [0.717, 1.165) is 17.0 Å². The molecular formula is C15H14N2O3. The second kappa shape index (κ2) is 5.02. The van der Waals surface area contributed by atoms with Crippen molar-refractivity contribution in [3.05, 3.63) is 68.5 Å². The van der Waals surface area contributed by atoms with E-state index in [1.54, 1.807) is 13.2 Å². The van der Waals surface area contributed by atoms with E-state index in [9.17, 15) is 10.1 Å². The van der Waals surface area contributed by atoms with E-state index in [4.69, 9.17) is 4.74 Å². The van der Waals surface area contributed by atoms with E-state index in [1.807, 2.05) is 30.3 Å². The zero-order valence-electron chi connectivity index (χ0n) is 11.1. The third-order valence-corrected chi connectivity index (χ3v) is 3.52. The number of para-hydroxylation sites is 1. The molecule has 1 heterocycles. The van der Waals surface area contributed by atoms with Crippen LogP contribution in [0.1, 0.15) is 6.42 Å². The third-order valence-electron chi connectivity index (χ3n) is 3.52. The zero-order valence-corrected chi connectivity index (χ0v) is 11.1. The molecule has 102 valence electrons. The fourth-order valence-corrected chi connectivity index (χ4v) is 2.61. The maximum atomic E-state index is 11.3. The minimum atomic E-state index is -0.320. The highest BCUT2D eigenvalue weighted by Gasteiger charge is 2.30. The lowest BCUT2D eigenvalue weighted by molar-refractivity contribution is -0.417. The summed E-state index contributed by atoms with van der Waals surface area (Å²) in [6.45, 7) is 0.568. The van der Waals surface area contributed by atoms with Crippen molar-refractivity contribution in [2.24, 2.45) is 10.9 Å². The van der Waals surface area contributed by atoms with Crippen LogP contribution in [0.4, 0.5) is 0 Å². The number of hydrogen-bond donors (Lipinski definition) is 0. The van der Waals surface area contributed by atoms with Gasteiger partial charge in [-0.3, -0.25) is 10.1 Å². The second-order valence-corrected chi connectivity index (χ2v) is 4.81. The SMILES string of the molecule is COCCC1C=C2N=c3ccccc3=C2C([N+](=O)[O-])=C1. The lowest BCUT2D eigenvalue weighted by Crippen LogP contribution is -2.24. The molecule has 1 aliphatic heterocycles. The van der Waals surface area contributed by atoms with Gasteiger partial charge in [0.05, 0.1) is 21.6 Å². The van der Waals surface area contributed by atoms with Gasteiger partial charge in [0.15, 0.2) is 0 Å². The summed E-state index contributed by atoms with van der Waals surface area (Å²) in [7, 11) is 1.63. The molecule has 0 bridgehead atoms. The predicted octanol–water partition coefficient (Wildman–Crippen LogP) is 1.18. The van der Waals surface area contributed by atoms with Crippen molar-refractivity contribution >= 4 is 5.57 Å². The Hall–Kier alpha value is -2.27. The standard InChI is InChI=1S/C15H14N2O3/c1-20-7-6-10-8-13-15(14(9-10)17(18)19)11-4-2-3-5-12(11)16-13/h2-5,8-10H,6-7H2,1H3. The molecule has 0 saturated heterocycles. The van der Waals surface area contributed by atoms with Gasteiger partial charge in [-0.2, -0.15) is 0 Å². The highest BCUT2D eigenvalue weighted by molar-refractivity contribution is 5.78. The van der Waals surface area contributed by atoms with E-state index in [2.05, 4.69) is 4.99 Å². The van der Waals surface area contributed by atoms with E-state index < -0.39 is 0 Å². The Morgan fingerprint density at radius 1 is 1.35 bits per heavy atom. The molecule has 1 unspecified atom stereocenters. The molecule has 3 rings (SSSR count). The largest absolute Gasteiger partial charge is 0.385 e. The number of hydrogen-bond acceptors (Lipinski definition) is 4. The molecule has 1 aromatic rings. The van der Waals surface area contributed by atoms with Crippen molar-refractivity contribution in [1.29, 1.82) is 0 Å². The number of benzene rings is 1. The highest BCUT2D eigenvalue weighted by Crippen LogP contribution is 2.31. The van der Waals surface area contributed by atoms with Crippen LogP contribution >= 0.6 is 0 Å². The summed E-state index contributed by atoms with van der Waals surface area (Å²) in [4.78, 5) is 15.5. The highest BCUT2D eigenvalue weighted by atomic mass is 16.6. The van der Waals surface area contributed by atoms with Crippen molar-refractivity contribution in [3.63, 3.8) is 0 Å². The molecule has 1 aliphatic carbocycles. The normalized spacial score (nSPS) is 19.6. The van der Waals surface area contributed by atoms with E-state index >= 15 is 0 Å². The topological polar surface area (TPSA) is 64.7 Å². The van der Waals surface area contributed by atoms with Crippen LogP contribution in [0, 0.1) is 16.0 Å². The monoisotopic (exact) mass is 270 g/mol. The molecule has 0 radical (unpaired) electrons. The fourth-order valence-electron chi connectivity index (χ4n) is 2.61. The molecule has 0 spiro atoms. The van der Waals surface area contributed by atoms with Crippen LogP contribution in [-0.2, 0) is 4.74 Å². The van der Waals surface area contributed by atoms with E-state index in [0.29, 0.717) is 17.9 Å². The summed E-state index contributed by atoms with van der Waals surface area (Å²) in [6.07, 6.45) is 4.41. The first-order valence-electron chi connectivity index (χ1n) is 6.46. The van der Waals surface area contributed by atoms with Crippen LogP contribution in [0.15, 0.2) is 52.8 Å². The Morgan fingerprint density at radius 3 is 2.90 bits per heavy atom. The Balaban J connectivity index is 2.14. The summed E-state index contributed by atoms with van der Waals surface area (Å²) in [6, 6.07) is 7.52. The first-order chi connectivity index (χ1) is 9.70. The Morgan fingerprint density at radius 2 is 2.15 bits per heavy atom. The summed E-state index contributed by atoms with van der Waals surface area (Å²) in [5, 5.41) is 13.0. The van der Waals surface area contributed by atoms with Crippen molar-refractivity contribution in [3.8, 4) is 0 Å². The van der Waals surface area contributed by atoms with Gasteiger partial charge in [-0.15, -0.1) is 0 Å². The fraction of sp³-hybridized carbons (Fsp3) is 0.267. The van der Waals surface area contributed by atoms with E-state index in [-0.39, 0.29) is 16.5 Å². The van der Waals surface area contributed by atoms with Gasteiger partial charge >= 0.3 is 0 Å². The Bertz CT molecular complexity index is 747. The average Bonchev–Trinajstić information content (AvgIpc) is 2.82. The molecule has 0 N–H and O–H groups in total. The minimum Gasteiger partial charge on any atom is -0.385 e. The summed E-state index contributed by atoms with van der Waals surface area (Å²) in [5.74, 6) is -0.00726. The summed E-state index contributed by atoms with van der Waals surface area (Å²) < 4.78 is 5.05. The van der Waals surface area contributed by atoms with Crippen LogP contribution in [0.3, 0.4) is 0 Å². The number of allylic oxidation sites excluding steroid dienone is 2. The van der Waals surface area contributed by atoms with Crippen LogP contribution in [-0.4, -0.2) is 18.6 Å². The first-order valence-corrected chi connectivity index (χ1v) is 6.46. The maximum absolute atomic E-state index is 11.3. The van der Waals surface area contributed by atoms with Crippen LogP contribution < -0.4 is 10.6 Å². The lowest BCUT2D eigenvalue weighted by Gasteiger charge is -2.14. The number of nitro groups is 1. The van der Waals surface area contributed by atoms with Gasteiger partial charge in [0.2, 0.25) is 0 Å². The molecule has 1 atom stereocenters. The van der Waals surface area contributed by atoms with Gasteiger partial charge < -0.3 is 4.74 Å². The molecule has 0 fully saturated rings. The molecule has 5 nitrogen and oxygen atoms in total. The van der Waals surface area contributed by atoms with Crippen molar-refractivity contribution in [2.75, 3.05) is 13.7 Å². The van der Waals surface area contributed by atoms with Gasteiger partial charge in [0.1, 0.15) is 0 Å². The summed E-state index contributed by atoms with van der Waals surface area (Å²) in [5.41, 5.74) is 1.50. The molecule has 0 saturated carbocycles. The molecule has 1 aromatic carbocycles. The van der Waals surface area contributed by atoms with Crippen molar-refractivity contribution < 1.29 is 9.66 Å². The van der Waals surface area contributed by atoms with Gasteiger partial charge in [-0.05, 0) is 12.5 Å². The predicted molar refractivity (Wildman–Crippen MR) is 73.8 cm³/mol.